The van der Waals surface area contributed by atoms with E-state index in [0.717, 1.165) is 27.8 Å². The lowest BCUT2D eigenvalue weighted by Gasteiger charge is -2.35. The number of rotatable bonds is 2. The third kappa shape index (κ3) is 2.26. The third-order valence-corrected chi connectivity index (χ3v) is 5.96. The summed E-state index contributed by atoms with van der Waals surface area (Å²) in [7, 11) is 0. The topological polar surface area (TPSA) is 104 Å². The Kier molecular flexibility index (Phi) is 3.58. The molecule has 0 bridgehead atoms. The maximum atomic E-state index is 6.65. The zero-order valence-electron chi connectivity index (χ0n) is 15.9. The van der Waals surface area contributed by atoms with Gasteiger partial charge in [-0.05, 0) is 58.1 Å². The van der Waals surface area contributed by atoms with E-state index in [9.17, 15) is 0 Å². The Balaban J connectivity index is 1.99. The van der Waals surface area contributed by atoms with Gasteiger partial charge in [0.2, 0.25) is 0 Å². The van der Waals surface area contributed by atoms with Gasteiger partial charge in [0.05, 0.1) is 16.8 Å². The highest BCUT2D eigenvalue weighted by Crippen LogP contribution is 2.58. The molecule has 142 valence electrons. The minimum absolute atomic E-state index is 0.576. The number of anilines is 4. The van der Waals surface area contributed by atoms with Gasteiger partial charge >= 0.3 is 0 Å². The van der Waals surface area contributed by atoms with Crippen molar-refractivity contribution in [3.8, 4) is 11.1 Å². The summed E-state index contributed by atoms with van der Waals surface area (Å²) >= 11 is 0. The Bertz CT molecular complexity index is 1180. The van der Waals surface area contributed by atoms with Gasteiger partial charge in [-0.15, -0.1) is 0 Å². The van der Waals surface area contributed by atoms with Crippen LogP contribution >= 0.6 is 0 Å². The van der Waals surface area contributed by atoms with Crippen LogP contribution in [-0.2, 0) is 5.41 Å². The molecule has 1 aliphatic rings. The number of benzene rings is 4. The maximum Gasteiger partial charge on any atom is 0.0734 e. The van der Waals surface area contributed by atoms with Crippen molar-refractivity contribution >= 4 is 22.7 Å². The number of nitrogens with two attached hydrogens (primary N) is 4. The molecular formula is C25H22N4. The first-order valence-electron chi connectivity index (χ1n) is 9.54. The Morgan fingerprint density at radius 3 is 1.66 bits per heavy atom. The molecule has 0 aromatic heterocycles. The van der Waals surface area contributed by atoms with Crippen LogP contribution in [0.25, 0.3) is 11.1 Å². The third-order valence-electron chi connectivity index (χ3n) is 5.96. The van der Waals surface area contributed by atoms with Crippen LogP contribution in [0, 0.1) is 0 Å². The SMILES string of the molecule is Nc1ccc(C2(c3ccc(N)cc3)c3ccccc3-c3ccc(N)c(N)c32)cc1. The zero-order chi connectivity index (χ0) is 20.2. The molecule has 0 amide bonds. The molecule has 0 atom stereocenters. The first-order valence-corrected chi connectivity index (χ1v) is 9.54. The molecule has 4 aromatic carbocycles. The van der Waals surface area contributed by atoms with Crippen molar-refractivity contribution < 1.29 is 0 Å². The van der Waals surface area contributed by atoms with Gasteiger partial charge in [0.15, 0.2) is 0 Å². The van der Waals surface area contributed by atoms with Crippen molar-refractivity contribution in [3.05, 3.63) is 107 Å². The minimum atomic E-state index is -0.604. The first-order chi connectivity index (χ1) is 14.0. The highest BCUT2D eigenvalue weighted by Gasteiger charge is 2.47. The average molecular weight is 378 g/mol. The van der Waals surface area contributed by atoms with E-state index in [4.69, 9.17) is 22.9 Å². The molecule has 0 saturated heterocycles. The van der Waals surface area contributed by atoms with Gasteiger partial charge in [-0.1, -0.05) is 54.6 Å². The van der Waals surface area contributed by atoms with E-state index in [2.05, 4.69) is 54.6 Å². The zero-order valence-corrected chi connectivity index (χ0v) is 15.9. The standard InChI is InChI=1S/C25H22N4/c26-17-9-5-15(6-10-17)25(16-7-11-18(27)12-8-16)21-4-2-1-3-19(21)20-13-14-22(28)24(29)23(20)25/h1-14H,26-29H2. The molecule has 8 N–H and O–H groups in total. The fourth-order valence-corrected chi connectivity index (χ4v) is 4.68. The largest absolute Gasteiger partial charge is 0.399 e. The molecule has 4 aromatic rings. The summed E-state index contributed by atoms with van der Waals surface area (Å²) in [5.41, 5.74) is 33.6. The van der Waals surface area contributed by atoms with E-state index in [1.807, 2.05) is 30.3 Å². The highest BCUT2D eigenvalue weighted by atomic mass is 14.7. The summed E-state index contributed by atoms with van der Waals surface area (Å²) in [5, 5.41) is 0. The number of nitrogen functional groups attached to an aromatic ring is 4. The molecule has 29 heavy (non-hydrogen) atoms. The predicted octanol–water partition coefficient (Wildman–Crippen LogP) is 4.38. The molecule has 1 aliphatic carbocycles. The second kappa shape index (κ2) is 6.04. The fourth-order valence-electron chi connectivity index (χ4n) is 4.68. The predicted molar refractivity (Wildman–Crippen MR) is 121 cm³/mol. The van der Waals surface area contributed by atoms with Crippen LogP contribution in [0.1, 0.15) is 22.3 Å². The molecule has 0 radical (unpaired) electrons. The minimum Gasteiger partial charge on any atom is -0.399 e. The van der Waals surface area contributed by atoms with Crippen molar-refractivity contribution in [1.29, 1.82) is 0 Å². The van der Waals surface area contributed by atoms with Crippen LogP contribution in [0.4, 0.5) is 22.7 Å². The molecule has 0 heterocycles. The van der Waals surface area contributed by atoms with Gasteiger partial charge in [-0.25, -0.2) is 0 Å². The van der Waals surface area contributed by atoms with Gasteiger partial charge in [-0.3, -0.25) is 0 Å². The Morgan fingerprint density at radius 1 is 0.517 bits per heavy atom. The van der Waals surface area contributed by atoms with Crippen molar-refractivity contribution in [2.45, 2.75) is 5.41 Å². The van der Waals surface area contributed by atoms with Crippen LogP contribution in [0.15, 0.2) is 84.9 Å². The number of hydrogen-bond acceptors (Lipinski definition) is 4. The van der Waals surface area contributed by atoms with Crippen molar-refractivity contribution in [3.63, 3.8) is 0 Å². The second-order valence-electron chi connectivity index (χ2n) is 7.53. The summed E-state index contributed by atoms with van der Waals surface area (Å²) in [5.74, 6) is 0. The van der Waals surface area contributed by atoms with Gasteiger partial charge in [0.25, 0.3) is 0 Å². The van der Waals surface area contributed by atoms with Crippen LogP contribution < -0.4 is 22.9 Å². The van der Waals surface area contributed by atoms with Gasteiger partial charge in [0.1, 0.15) is 0 Å². The average Bonchev–Trinajstić information content (AvgIpc) is 3.04. The van der Waals surface area contributed by atoms with E-state index >= 15 is 0 Å². The lowest BCUT2D eigenvalue weighted by molar-refractivity contribution is 0.772. The van der Waals surface area contributed by atoms with Crippen LogP contribution in [0.2, 0.25) is 0 Å². The lowest BCUT2D eigenvalue weighted by Crippen LogP contribution is -2.29. The molecule has 0 spiro atoms. The normalized spacial score (nSPS) is 13.7. The van der Waals surface area contributed by atoms with Gasteiger partial charge in [-0.2, -0.15) is 0 Å². The highest BCUT2D eigenvalue weighted by molar-refractivity contribution is 5.93. The maximum absolute atomic E-state index is 6.65. The lowest BCUT2D eigenvalue weighted by atomic mass is 9.67. The van der Waals surface area contributed by atoms with Crippen molar-refractivity contribution in [2.75, 3.05) is 22.9 Å². The smallest absolute Gasteiger partial charge is 0.0734 e. The first kappa shape index (κ1) is 17.2. The van der Waals surface area contributed by atoms with Crippen molar-refractivity contribution in [1.82, 2.24) is 0 Å². The Labute approximate surface area is 169 Å². The number of hydrogen-bond donors (Lipinski definition) is 4. The molecule has 4 nitrogen and oxygen atoms in total. The summed E-state index contributed by atoms with van der Waals surface area (Å²) in [6.07, 6.45) is 0. The van der Waals surface area contributed by atoms with Crippen LogP contribution in [-0.4, -0.2) is 0 Å². The summed E-state index contributed by atoms with van der Waals surface area (Å²) in [6, 6.07) is 28.4. The number of fused-ring (bicyclic) bond motifs is 3. The van der Waals surface area contributed by atoms with Crippen LogP contribution in [0.3, 0.4) is 0 Å². The fraction of sp³-hybridized carbons (Fsp3) is 0.0400. The molecular weight excluding hydrogens is 356 g/mol. The summed E-state index contributed by atoms with van der Waals surface area (Å²) < 4.78 is 0. The Morgan fingerprint density at radius 2 is 1.07 bits per heavy atom. The molecule has 5 rings (SSSR count). The Hall–Kier alpha value is -3.92. The molecule has 0 fully saturated rings. The molecule has 0 aliphatic heterocycles. The van der Waals surface area contributed by atoms with E-state index in [0.29, 0.717) is 22.7 Å². The van der Waals surface area contributed by atoms with E-state index in [-0.39, 0.29) is 0 Å². The van der Waals surface area contributed by atoms with E-state index in [1.54, 1.807) is 0 Å². The van der Waals surface area contributed by atoms with E-state index in [1.165, 1.54) is 5.56 Å². The summed E-state index contributed by atoms with van der Waals surface area (Å²) in [6.45, 7) is 0. The molecule has 4 heteroatoms. The quantitative estimate of drug-likeness (QED) is 0.342. The summed E-state index contributed by atoms with van der Waals surface area (Å²) in [4.78, 5) is 0. The van der Waals surface area contributed by atoms with Gasteiger partial charge < -0.3 is 22.9 Å². The molecule has 0 saturated carbocycles. The van der Waals surface area contributed by atoms with Gasteiger partial charge in [0, 0.05) is 16.9 Å². The second-order valence-corrected chi connectivity index (χ2v) is 7.53. The van der Waals surface area contributed by atoms with E-state index < -0.39 is 5.41 Å². The monoisotopic (exact) mass is 378 g/mol. The molecule has 0 unspecified atom stereocenters. The van der Waals surface area contributed by atoms with Crippen molar-refractivity contribution in [2.24, 2.45) is 0 Å². The van der Waals surface area contributed by atoms with Crippen LogP contribution in [0.5, 0.6) is 0 Å².